The minimum atomic E-state index is -0.250. The molecule has 0 saturated carbocycles. The van der Waals surface area contributed by atoms with Gasteiger partial charge in [0.05, 0.1) is 16.7 Å². The summed E-state index contributed by atoms with van der Waals surface area (Å²) in [6.45, 7) is 0.506. The molecule has 0 atom stereocenters. The fraction of sp³-hybridized carbons (Fsp3) is 0.0909. The lowest BCUT2D eigenvalue weighted by atomic mass is 10.1. The third-order valence-corrected chi connectivity index (χ3v) is 5.60. The van der Waals surface area contributed by atoms with E-state index in [-0.39, 0.29) is 11.5 Å². The van der Waals surface area contributed by atoms with Gasteiger partial charge in [0.25, 0.3) is 11.5 Å². The Morgan fingerprint density at radius 2 is 2.00 bits per heavy atom. The van der Waals surface area contributed by atoms with E-state index < -0.39 is 0 Å². The average molecular weight is 415 g/mol. The molecule has 0 aliphatic rings. The van der Waals surface area contributed by atoms with Crippen molar-refractivity contribution in [1.82, 2.24) is 25.3 Å². The number of benzene rings is 1. The second kappa shape index (κ2) is 7.57. The largest absolute Gasteiger partial charge is 0.353 e. The molecule has 3 N–H and O–H groups in total. The third-order valence-electron chi connectivity index (χ3n) is 4.87. The van der Waals surface area contributed by atoms with Crippen LogP contribution in [0, 0.1) is 0 Å². The second-order valence-electron chi connectivity index (χ2n) is 6.90. The molecule has 30 heavy (non-hydrogen) atoms. The number of rotatable bonds is 5. The molecule has 0 saturated heterocycles. The monoisotopic (exact) mass is 415 g/mol. The van der Waals surface area contributed by atoms with Crippen molar-refractivity contribution in [2.75, 3.05) is 6.54 Å². The van der Waals surface area contributed by atoms with Crippen LogP contribution in [0.2, 0.25) is 0 Å². The molecule has 0 aliphatic carbocycles. The average Bonchev–Trinajstić information content (AvgIpc) is 3.39. The number of thiophene rings is 1. The van der Waals surface area contributed by atoms with E-state index in [0.717, 1.165) is 27.6 Å². The summed E-state index contributed by atoms with van der Waals surface area (Å²) in [4.78, 5) is 39.7. The van der Waals surface area contributed by atoms with Crippen LogP contribution in [0.15, 0.2) is 64.2 Å². The normalized spacial score (nSPS) is 11.2. The van der Waals surface area contributed by atoms with Gasteiger partial charge in [0, 0.05) is 52.1 Å². The van der Waals surface area contributed by atoms with Crippen molar-refractivity contribution in [3.63, 3.8) is 0 Å². The lowest BCUT2D eigenvalue weighted by molar-refractivity contribution is 0.0954. The molecule has 148 valence electrons. The van der Waals surface area contributed by atoms with Crippen molar-refractivity contribution >= 4 is 39.2 Å². The zero-order valence-corrected chi connectivity index (χ0v) is 16.6. The first-order valence-corrected chi connectivity index (χ1v) is 10.4. The van der Waals surface area contributed by atoms with Gasteiger partial charge in [0.15, 0.2) is 5.69 Å². The predicted octanol–water partition coefficient (Wildman–Crippen LogP) is 3.50. The van der Waals surface area contributed by atoms with Crippen LogP contribution >= 0.6 is 11.3 Å². The van der Waals surface area contributed by atoms with Crippen molar-refractivity contribution < 1.29 is 4.79 Å². The Kier molecular flexibility index (Phi) is 4.61. The number of amides is 1. The van der Waals surface area contributed by atoms with Crippen LogP contribution in [-0.4, -0.2) is 32.4 Å². The van der Waals surface area contributed by atoms with Crippen LogP contribution in [0.25, 0.3) is 33.3 Å². The van der Waals surface area contributed by atoms with E-state index in [9.17, 15) is 9.59 Å². The van der Waals surface area contributed by atoms with Gasteiger partial charge in [-0.15, -0.1) is 11.3 Å². The maximum Gasteiger partial charge on any atom is 0.276 e. The SMILES string of the molecule is O=C(NCCc1ccccn1)c1ccc2[nH]c(-c3nc4cscc4[nH]c3=O)cc2c1. The smallest absolute Gasteiger partial charge is 0.276 e. The van der Waals surface area contributed by atoms with Gasteiger partial charge in [0.1, 0.15) is 0 Å². The minimum absolute atomic E-state index is 0.147. The van der Waals surface area contributed by atoms with Crippen molar-refractivity contribution in [3.8, 4) is 11.4 Å². The van der Waals surface area contributed by atoms with Crippen molar-refractivity contribution in [3.05, 3.63) is 81.0 Å². The number of carbonyl (C=O) groups excluding carboxylic acids is 1. The predicted molar refractivity (Wildman–Crippen MR) is 118 cm³/mol. The zero-order valence-electron chi connectivity index (χ0n) is 15.8. The van der Waals surface area contributed by atoms with Crippen LogP contribution in [0.3, 0.4) is 0 Å². The van der Waals surface area contributed by atoms with Crippen molar-refractivity contribution in [1.29, 1.82) is 0 Å². The lowest BCUT2D eigenvalue weighted by Gasteiger charge is -2.05. The molecule has 0 fully saturated rings. The Hall–Kier alpha value is -3.78. The number of nitrogens with zero attached hydrogens (tertiary/aromatic N) is 2. The number of hydrogen-bond acceptors (Lipinski definition) is 5. The number of aromatic nitrogens is 4. The van der Waals surface area contributed by atoms with Crippen LogP contribution < -0.4 is 10.9 Å². The molecule has 1 aromatic carbocycles. The van der Waals surface area contributed by atoms with Gasteiger partial charge in [-0.2, -0.15) is 0 Å². The Morgan fingerprint density at radius 1 is 1.07 bits per heavy atom. The highest BCUT2D eigenvalue weighted by molar-refractivity contribution is 7.09. The Morgan fingerprint density at radius 3 is 2.87 bits per heavy atom. The minimum Gasteiger partial charge on any atom is -0.353 e. The molecule has 8 heteroatoms. The van der Waals surface area contributed by atoms with E-state index in [4.69, 9.17) is 0 Å². The molecule has 0 unspecified atom stereocenters. The highest BCUT2D eigenvalue weighted by Gasteiger charge is 2.13. The maximum atomic E-state index is 12.5. The zero-order chi connectivity index (χ0) is 20.5. The number of fused-ring (bicyclic) bond motifs is 2. The topological polar surface area (TPSA) is 104 Å². The molecule has 0 bridgehead atoms. The molecule has 1 amide bonds. The van der Waals surface area contributed by atoms with Gasteiger partial charge in [-0.05, 0) is 36.4 Å². The standard InChI is InChI=1S/C22H17N5O2S/c28-21(24-8-6-15-3-1-2-7-23-15)13-4-5-16-14(9-13)10-17(25-16)20-22(29)27-19-12-30-11-18(19)26-20/h1-5,7,9-12,25H,6,8H2,(H,24,28)(H,27,29). The summed E-state index contributed by atoms with van der Waals surface area (Å²) in [7, 11) is 0. The molecule has 4 aromatic heterocycles. The van der Waals surface area contributed by atoms with E-state index in [1.54, 1.807) is 12.3 Å². The molecule has 5 rings (SSSR count). The first-order chi connectivity index (χ1) is 14.7. The first kappa shape index (κ1) is 18.3. The van der Waals surface area contributed by atoms with Crippen molar-refractivity contribution in [2.45, 2.75) is 6.42 Å². The molecule has 5 aromatic rings. The number of hydrogen-bond donors (Lipinski definition) is 3. The van der Waals surface area contributed by atoms with Gasteiger partial charge in [0.2, 0.25) is 0 Å². The van der Waals surface area contributed by atoms with E-state index in [1.807, 2.05) is 47.2 Å². The highest BCUT2D eigenvalue weighted by atomic mass is 32.1. The number of pyridine rings is 1. The Labute approximate surface area is 174 Å². The van der Waals surface area contributed by atoms with Gasteiger partial charge in [-0.3, -0.25) is 14.6 Å². The van der Waals surface area contributed by atoms with E-state index in [0.29, 0.717) is 29.9 Å². The van der Waals surface area contributed by atoms with Crippen molar-refractivity contribution in [2.24, 2.45) is 0 Å². The first-order valence-electron chi connectivity index (χ1n) is 9.45. The molecule has 0 radical (unpaired) electrons. The number of carbonyl (C=O) groups is 1. The highest BCUT2D eigenvalue weighted by Crippen LogP contribution is 2.23. The fourth-order valence-corrected chi connectivity index (χ4v) is 4.05. The number of aromatic amines is 2. The molecule has 0 spiro atoms. The van der Waals surface area contributed by atoms with Gasteiger partial charge < -0.3 is 15.3 Å². The summed E-state index contributed by atoms with van der Waals surface area (Å²) < 4.78 is 0. The van der Waals surface area contributed by atoms with E-state index in [2.05, 4.69) is 25.3 Å². The molecule has 0 aliphatic heterocycles. The summed E-state index contributed by atoms with van der Waals surface area (Å²) in [6, 6.07) is 13.0. The molecular weight excluding hydrogens is 398 g/mol. The summed E-state index contributed by atoms with van der Waals surface area (Å²) >= 11 is 1.49. The number of nitrogens with one attached hydrogen (secondary N) is 3. The summed E-state index contributed by atoms with van der Waals surface area (Å²) in [5.41, 5.74) is 4.51. The summed E-state index contributed by atoms with van der Waals surface area (Å²) in [5, 5.41) is 7.52. The Balaban J connectivity index is 1.37. The maximum absolute atomic E-state index is 12.5. The number of H-pyrrole nitrogens is 2. The second-order valence-corrected chi connectivity index (χ2v) is 7.64. The van der Waals surface area contributed by atoms with Gasteiger partial charge in [-0.1, -0.05) is 6.07 Å². The Bertz CT molecular complexity index is 1420. The van der Waals surface area contributed by atoms with E-state index >= 15 is 0 Å². The van der Waals surface area contributed by atoms with E-state index in [1.165, 1.54) is 11.3 Å². The fourth-order valence-electron chi connectivity index (χ4n) is 3.36. The summed E-state index contributed by atoms with van der Waals surface area (Å²) in [6.07, 6.45) is 2.41. The van der Waals surface area contributed by atoms with Crippen LogP contribution in [-0.2, 0) is 6.42 Å². The van der Waals surface area contributed by atoms with Crippen LogP contribution in [0.5, 0.6) is 0 Å². The molecule has 4 heterocycles. The molecule has 7 nitrogen and oxygen atoms in total. The van der Waals surface area contributed by atoms with Crippen LogP contribution in [0.4, 0.5) is 0 Å². The summed E-state index contributed by atoms with van der Waals surface area (Å²) in [5.74, 6) is -0.147. The quantitative estimate of drug-likeness (QED) is 0.409. The van der Waals surface area contributed by atoms with Crippen LogP contribution in [0.1, 0.15) is 16.1 Å². The lowest BCUT2D eigenvalue weighted by Crippen LogP contribution is -2.25. The third kappa shape index (κ3) is 3.48. The van der Waals surface area contributed by atoms with Gasteiger partial charge >= 0.3 is 0 Å². The van der Waals surface area contributed by atoms with Gasteiger partial charge in [-0.25, -0.2) is 4.98 Å². The molecular formula is C22H17N5O2S.